The highest BCUT2D eigenvalue weighted by molar-refractivity contribution is 6.42. The van der Waals surface area contributed by atoms with Crippen molar-refractivity contribution in [2.75, 3.05) is 16.8 Å². The van der Waals surface area contributed by atoms with E-state index in [1.165, 1.54) is 5.56 Å². The maximum absolute atomic E-state index is 12.5. The van der Waals surface area contributed by atoms with Crippen LogP contribution in [0.25, 0.3) is 0 Å². The van der Waals surface area contributed by atoms with Gasteiger partial charge in [0.1, 0.15) is 0 Å². The average Bonchev–Trinajstić information content (AvgIpc) is 3.00. The standard InChI is InChI=1S/C20H20Cl2N2O2/c1-12(2)13-3-6-16(7-4-13)24-11-14(9-19(24)25)20(26)23-15-5-8-17(21)18(22)10-15/h3-8,10,12,14H,9,11H2,1-2H3,(H,23,26). The second-order valence-corrected chi connectivity index (χ2v) is 7.58. The summed E-state index contributed by atoms with van der Waals surface area (Å²) >= 11 is 11.9. The van der Waals surface area contributed by atoms with Crippen LogP contribution in [0.15, 0.2) is 42.5 Å². The molecule has 3 rings (SSSR count). The summed E-state index contributed by atoms with van der Waals surface area (Å²) in [6.07, 6.45) is 0.194. The highest BCUT2D eigenvalue weighted by Crippen LogP contribution is 2.29. The van der Waals surface area contributed by atoms with Gasteiger partial charge in [0, 0.05) is 24.3 Å². The Hall–Kier alpha value is -2.04. The van der Waals surface area contributed by atoms with Gasteiger partial charge in [-0.15, -0.1) is 0 Å². The first-order chi connectivity index (χ1) is 12.3. The monoisotopic (exact) mass is 390 g/mol. The maximum atomic E-state index is 12.5. The van der Waals surface area contributed by atoms with Gasteiger partial charge in [0.25, 0.3) is 0 Å². The molecule has 0 spiro atoms. The zero-order valence-electron chi connectivity index (χ0n) is 14.6. The van der Waals surface area contributed by atoms with Gasteiger partial charge < -0.3 is 10.2 Å². The first-order valence-corrected chi connectivity index (χ1v) is 9.27. The van der Waals surface area contributed by atoms with E-state index in [-0.39, 0.29) is 18.2 Å². The van der Waals surface area contributed by atoms with Crippen LogP contribution in [0.4, 0.5) is 11.4 Å². The predicted molar refractivity (Wildman–Crippen MR) is 106 cm³/mol. The van der Waals surface area contributed by atoms with Gasteiger partial charge in [-0.05, 0) is 41.8 Å². The Labute approximate surface area is 163 Å². The van der Waals surface area contributed by atoms with E-state index in [2.05, 4.69) is 19.2 Å². The second kappa shape index (κ2) is 7.68. The van der Waals surface area contributed by atoms with Crippen LogP contribution in [0.2, 0.25) is 10.0 Å². The molecule has 0 saturated carbocycles. The molecular weight excluding hydrogens is 371 g/mol. The molecule has 1 aliphatic heterocycles. The highest BCUT2D eigenvalue weighted by Gasteiger charge is 2.35. The van der Waals surface area contributed by atoms with E-state index in [0.29, 0.717) is 28.2 Å². The SMILES string of the molecule is CC(C)c1ccc(N2CC(C(=O)Nc3ccc(Cl)c(Cl)c3)CC2=O)cc1. The average molecular weight is 391 g/mol. The minimum absolute atomic E-state index is 0.0448. The summed E-state index contributed by atoms with van der Waals surface area (Å²) in [6.45, 7) is 4.62. The molecule has 1 atom stereocenters. The van der Waals surface area contributed by atoms with Crippen LogP contribution in [0, 0.1) is 5.92 Å². The summed E-state index contributed by atoms with van der Waals surface area (Å²) in [5.41, 5.74) is 2.61. The number of nitrogens with zero attached hydrogens (tertiary/aromatic N) is 1. The maximum Gasteiger partial charge on any atom is 0.229 e. The summed E-state index contributed by atoms with van der Waals surface area (Å²) in [4.78, 5) is 26.5. The third kappa shape index (κ3) is 4.02. The van der Waals surface area contributed by atoms with Gasteiger partial charge >= 0.3 is 0 Å². The fourth-order valence-electron chi connectivity index (χ4n) is 2.99. The third-order valence-corrected chi connectivity index (χ3v) is 5.29. The molecule has 2 amide bonds. The van der Waals surface area contributed by atoms with E-state index in [0.717, 1.165) is 5.69 Å². The number of anilines is 2. The van der Waals surface area contributed by atoms with E-state index in [9.17, 15) is 9.59 Å². The summed E-state index contributed by atoms with van der Waals surface area (Å²) in [6, 6.07) is 12.8. The van der Waals surface area contributed by atoms with Gasteiger partial charge in [0.2, 0.25) is 11.8 Å². The van der Waals surface area contributed by atoms with Gasteiger partial charge in [-0.25, -0.2) is 0 Å². The van der Waals surface area contributed by atoms with Gasteiger partial charge in [-0.3, -0.25) is 9.59 Å². The number of carbonyl (C=O) groups is 2. The minimum Gasteiger partial charge on any atom is -0.326 e. The van der Waals surface area contributed by atoms with E-state index in [1.54, 1.807) is 23.1 Å². The van der Waals surface area contributed by atoms with E-state index in [1.807, 2.05) is 24.3 Å². The smallest absolute Gasteiger partial charge is 0.229 e. The first kappa shape index (κ1) is 18.7. The topological polar surface area (TPSA) is 49.4 Å². The van der Waals surface area contributed by atoms with Crippen LogP contribution in [0.5, 0.6) is 0 Å². The number of nitrogens with one attached hydrogen (secondary N) is 1. The minimum atomic E-state index is -0.401. The molecule has 0 aromatic heterocycles. The summed E-state index contributed by atoms with van der Waals surface area (Å²) in [5.74, 6) is -0.209. The lowest BCUT2D eigenvalue weighted by molar-refractivity contribution is -0.122. The Kier molecular flexibility index (Phi) is 5.54. The van der Waals surface area contributed by atoms with E-state index < -0.39 is 5.92 Å². The Balaban J connectivity index is 1.68. The molecule has 1 saturated heterocycles. The number of halogens is 2. The van der Waals surface area contributed by atoms with E-state index >= 15 is 0 Å². The molecule has 1 unspecified atom stereocenters. The fourth-order valence-corrected chi connectivity index (χ4v) is 3.29. The molecule has 0 aliphatic carbocycles. The Bertz CT molecular complexity index is 834. The van der Waals surface area contributed by atoms with Crippen LogP contribution in [0.1, 0.15) is 31.7 Å². The van der Waals surface area contributed by atoms with Gasteiger partial charge in [-0.2, -0.15) is 0 Å². The van der Waals surface area contributed by atoms with Crippen molar-refractivity contribution in [2.24, 2.45) is 5.92 Å². The molecular formula is C20H20Cl2N2O2. The molecule has 136 valence electrons. The van der Waals surface area contributed by atoms with Crippen molar-refractivity contribution in [1.82, 2.24) is 0 Å². The second-order valence-electron chi connectivity index (χ2n) is 6.77. The predicted octanol–water partition coefficient (Wildman–Crippen LogP) is 5.11. The normalized spacial score (nSPS) is 17.0. The van der Waals surface area contributed by atoms with Crippen molar-refractivity contribution in [3.05, 3.63) is 58.1 Å². The van der Waals surface area contributed by atoms with Crippen molar-refractivity contribution >= 4 is 46.4 Å². The van der Waals surface area contributed by atoms with Crippen molar-refractivity contribution in [2.45, 2.75) is 26.2 Å². The molecule has 2 aromatic rings. The van der Waals surface area contributed by atoms with Crippen molar-refractivity contribution in [3.8, 4) is 0 Å². The lowest BCUT2D eigenvalue weighted by Crippen LogP contribution is -2.28. The zero-order chi connectivity index (χ0) is 18.8. The molecule has 1 fully saturated rings. The molecule has 0 bridgehead atoms. The van der Waals surface area contributed by atoms with Crippen LogP contribution >= 0.6 is 23.2 Å². The van der Waals surface area contributed by atoms with E-state index in [4.69, 9.17) is 23.2 Å². The Morgan fingerprint density at radius 3 is 2.42 bits per heavy atom. The van der Waals surface area contributed by atoms with Crippen LogP contribution in [-0.2, 0) is 9.59 Å². The number of rotatable bonds is 4. The molecule has 4 nitrogen and oxygen atoms in total. The van der Waals surface area contributed by atoms with Gasteiger partial charge in [0.05, 0.1) is 16.0 Å². The number of hydrogen-bond donors (Lipinski definition) is 1. The molecule has 26 heavy (non-hydrogen) atoms. The van der Waals surface area contributed by atoms with Crippen molar-refractivity contribution in [1.29, 1.82) is 0 Å². The van der Waals surface area contributed by atoms with Crippen LogP contribution in [0.3, 0.4) is 0 Å². The zero-order valence-corrected chi connectivity index (χ0v) is 16.1. The third-order valence-electron chi connectivity index (χ3n) is 4.55. The quantitative estimate of drug-likeness (QED) is 0.788. The van der Waals surface area contributed by atoms with Gasteiger partial charge in [0.15, 0.2) is 0 Å². The first-order valence-electron chi connectivity index (χ1n) is 8.51. The molecule has 1 heterocycles. The highest BCUT2D eigenvalue weighted by atomic mass is 35.5. The summed E-state index contributed by atoms with van der Waals surface area (Å²) in [7, 11) is 0. The Morgan fingerprint density at radius 2 is 1.81 bits per heavy atom. The van der Waals surface area contributed by atoms with Crippen LogP contribution in [-0.4, -0.2) is 18.4 Å². The van der Waals surface area contributed by atoms with Crippen LogP contribution < -0.4 is 10.2 Å². The Morgan fingerprint density at radius 1 is 1.12 bits per heavy atom. The number of hydrogen-bond acceptors (Lipinski definition) is 2. The molecule has 0 radical (unpaired) electrons. The molecule has 1 aliphatic rings. The number of amides is 2. The molecule has 1 N–H and O–H groups in total. The van der Waals surface area contributed by atoms with Crippen molar-refractivity contribution in [3.63, 3.8) is 0 Å². The summed E-state index contributed by atoms with van der Waals surface area (Å²) in [5, 5.41) is 3.61. The number of carbonyl (C=O) groups excluding carboxylic acids is 2. The van der Waals surface area contributed by atoms with Crippen molar-refractivity contribution < 1.29 is 9.59 Å². The number of benzene rings is 2. The largest absolute Gasteiger partial charge is 0.326 e. The lowest BCUT2D eigenvalue weighted by Gasteiger charge is -2.18. The lowest BCUT2D eigenvalue weighted by atomic mass is 10.0. The summed E-state index contributed by atoms with van der Waals surface area (Å²) < 4.78 is 0. The fraction of sp³-hybridized carbons (Fsp3) is 0.300. The molecule has 6 heteroatoms. The van der Waals surface area contributed by atoms with Gasteiger partial charge in [-0.1, -0.05) is 49.2 Å². The molecule has 2 aromatic carbocycles.